The fraction of sp³-hybridized carbons (Fsp3) is 0.826. The van der Waals surface area contributed by atoms with Crippen molar-refractivity contribution in [2.75, 3.05) is 26.4 Å². The predicted molar refractivity (Wildman–Crippen MR) is 247 cm³/mol. The molecule has 2 unspecified atom stereocenters. The first-order valence-electron chi connectivity index (χ1n) is 24.1. The number of aliphatic hydroxyl groups excluding tert-OH is 4. The van der Waals surface area contributed by atoms with E-state index in [1.807, 2.05) is 12.2 Å². The Morgan fingerprint density at radius 2 is 1.20 bits per heavy atom. The Labute approximate surface area is 388 Å². The standard InChI is InChI=1S/C46H84O17P2/c1-3-5-7-8-9-10-11-12-13-14-15-16-17-18-19-20-26-30-45(51)62-40(37-61-65(56,57)60-35-39(48)34-59-64(53,54)55)36-58-44(50)29-25-22-21-24-28-41-42(49)33-46(52)63-43(41)32-31-38(47)27-23-6-4-2/h12-13,21,24,31-32,38-43,46-49,52H,3-11,14-20,22-23,25-30,33-37H2,1-2H3,(H,56,57)(H2,53,54,55)/b13-12-,24-21-,32-31+/t38-,39-,40+,41-,42-,43+,46?/m0/s1. The lowest BCUT2D eigenvalue weighted by atomic mass is 9.87. The summed E-state index contributed by atoms with van der Waals surface area (Å²) in [6.45, 7) is 1.35. The third-order valence-electron chi connectivity index (χ3n) is 10.8. The largest absolute Gasteiger partial charge is 0.472 e. The third kappa shape index (κ3) is 35.9. The topological polar surface area (TPSA) is 265 Å². The number of ether oxygens (including phenoxy) is 3. The van der Waals surface area contributed by atoms with Crippen LogP contribution in [-0.4, -0.2) is 110 Å². The maximum absolute atomic E-state index is 12.8. The number of hydrogen-bond donors (Lipinski definition) is 7. The summed E-state index contributed by atoms with van der Waals surface area (Å²) >= 11 is 0. The number of allylic oxidation sites excluding steroid dienone is 4. The van der Waals surface area contributed by atoms with Gasteiger partial charge in [0, 0.05) is 25.2 Å². The van der Waals surface area contributed by atoms with Gasteiger partial charge in [-0.3, -0.25) is 23.2 Å². The van der Waals surface area contributed by atoms with Crippen molar-refractivity contribution in [2.45, 2.75) is 211 Å². The second-order valence-corrected chi connectivity index (χ2v) is 19.6. The molecule has 0 aliphatic carbocycles. The number of aliphatic hydroxyl groups is 4. The normalized spacial score (nSPS) is 20.6. The van der Waals surface area contributed by atoms with Crippen molar-refractivity contribution in [1.29, 1.82) is 0 Å². The highest BCUT2D eigenvalue weighted by Crippen LogP contribution is 2.44. The first-order valence-corrected chi connectivity index (χ1v) is 27.1. The molecule has 0 amide bonds. The van der Waals surface area contributed by atoms with Gasteiger partial charge in [-0.2, -0.15) is 0 Å². The molecule has 1 rings (SSSR count). The van der Waals surface area contributed by atoms with E-state index in [2.05, 4.69) is 35.0 Å². The summed E-state index contributed by atoms with van der Waals surface area (Å²) in [6.07, 6.45) is 27.4. The molecule has 1 aliphatic rings. The summed E-state index contributed by atoms with van der Waals surface area (Å²) in [5, 5.41) is 40.8. The van der Waals surface area contributed by atoms with E-state index in [9.17, 15) is 44.0 Å². The van der Waals surface area contributed by atoms with Crippen LogP contribution in [0.4, 0.5) is 0 Å². The zero-order valence-electron chi connectivity index (χ0n) is 39.1. The molecule has 17 nitrogen and oxygen atoms in total. The highest BCUT2D eigenvalue weighted by atomic mass is 31.2. The molecule has 65 heavy (non-hydrogen) atoms. The van der Waals surface area contributed by atoms with E-state index in [-0.39, 0.29) is 25.2 Å². The van der Waals surface area contributed by atoms with Crippen LogP contribution in [0.5, 0.6) is 0 Å². The second-order valence-electron chi connectivity index (χ2n) is 16.9. The molecular weight excluding hydrogens is 886 g/mol. The number of carbonyl (C=O) groups is 2. The zero-order chi connectivity index (χ0) is 48.2. The fourth-order valence-corrected chi connectivity index (χ4v) is 8.19. The van der Waals surface area contributed by atoms with E-state index in [4.69, 9.17) is 28.5 Å². The predicted octanol–water partition coefficient (Wildman–Crippen LogP) is 8.56. The molecule has 8 atom stereocenters. The number of hydrogen-bond acceptors (Lipinski definition) is 14. The molecule has 0 bridgehead atoms. The highest BCUT2D eigenvalue weighted by Gasteiger charge is 2.35. The molecule has 1 heterocycles. The van der Waals surface area contributed by atoms with E-state index in [0.717, 1.165) is 70.6 Å². The van der Waals surface area contributed by atoms with Gasteiger partial charge in [-0.05, 0) is 57.8 Å². The van der Waals surface area contributed by atoms with E-state index in [1.165, 1.54) is 38.5 Å². The molecule has 0 spiro atoms. The number of unbranched alkanes of at least 4 members (excludes halogenated alkanes) is 16. The molecule has 0 aromatic heterocycles. The van der Waals surface area contributed by atoms with E-state index in [1.54, 1.807) is 12.2 Å². The molecule has 0 aromatic carbocycles. The fourth-order valence-electron chi connectivity index (χ4n) is 7.03. The minimum absolute atomic E-state index is 0.000628. The molecule has 19 heteroatoms. The van der Waals surface area contributed by atoms with Gasteiger partial charge < -0.3 is 49.3 Å². The highest BCUT2D eigenvalue weighted by molar-refractivity contribution is 7.47. The van der Waals surface area contributed by atoms with Gasteiger partial charge in [-0.1, -0.05) is 134 Å². The van der Waals surface area contributed by atoms with Gasteiger partial charge in [0.1, 0.15) is 12.7 Å². The van der Waals surface area contributed by atoms with Crippen LogP contribution in [0.2, 0.25) is 0 Å². The summed E-state index contributed by atoms with van der Waals surface area (Å²) in [7, 11) is -9.78. The quantitative estimate of drug-likeness (QED) is 0.0131. The number of esters is 2. The minimum Gasteiger partial charge on any atom is -0.462 e. The Bertz CT molecular complexity index is 1410. The van der Waals surface area contributed by atoms with Gasteiger partial charge in [0.15, 0.2) is 12.4 Å². The van der Waals surface area contributed by atoms with E-state index < -0.39 is 90.8 Å². The van der Waals surface area contributed by atoms with Gasteiger partial charge in [0.25, 0.3) is 0 Å². The van der Waals surface area contributed by atoms with Crippen molar-refractivity contribution in [3.05, 3.63) is 36.5 Å². The Balaban J connectivity index is 2.56. The number of rotatable bonds is 41. The minimum atomic E-state index is -4.90. The Kier molecular flexibility index (Phi) is 35.8. The lowest BCUT2D eigenvalue weighted by Gasteiger charge is -2.36. The number of carbonyl (C=O) groups excluding carboxylic acids is 2. The molecule has 7 N–H and O–H groups in total. The van der Waals surface area contributed by atoms with Crippen LogP contribution in [0, 0.1) is 5.92 Å². The summed E-state index contributed by atoms with van der Waals surface area (Å²) in [6, 6.07) is 0. The first-order chi connectivity index (χ1) is 31.0. The van der Waals surface area contributed by atoms with E-state index in [0.29, 0.717) is 32.1 Å². The van der Waals surface area contributed by atoms with Crippen molar-refractivity contribution in [2.24, 2.45) is 5.92 Å². The number of phosphoric acid groups is 2. The molecule has 0 aromatic rings. The third-order valence-corrected chi connectivity index (χ3v) is 12.2. The van der Waals surface area contributed by atoms with Gasteiger partial charge in [0.05, 0.1) is 38.1 Å². The molecule has 0 saturated carbocycles. The van der Waals surface area contributed by atoms with Crippen molar-refractivity contribution in [3.63, 3.8) is 0 Å². The molecule has 1 aliphatic heterocycles. The maximum atomic E-state index is 12.8. The monoisotopic (exact) mass is 971 g/mol. The van der Waals surface area contributed by atoms with Crippen LogP contribution < -0.4 is 0 Å². The zero-order valence-corrected chi connectivity index (χ0v) is 40.9. The molecule has 0 radical (unpaired) electrons. The Hall–Kier alpha value is -1.82. The molecule has 380 valence electrons. The van der Waals surface area contributed by atoms with Crippen LogP contribution >= 0.6 is 15.6 Å². The van der Waals surface area contributed by atoms with Crippen LogP contribution in [0.25, 0.3) is 0 Å². The van der Waals surface area contributed by atoms with Gasteiger partial charge in [-0.15, -0.1) is 0 Å². The van der Waals surface area contributed by atoms with E-state index >= 15 is 0 Å². The lowest BCUT2D eigenvalue weighted by molar-refractivity contribution is -0.199. The first kappa shape index (κ1) is 61.2. The van der Waals surface area contributed by atoms with Crippen LogP contribution in [0.15, 0.2) is 36.5 Å². The summed E-state index contributed by atoms with van der Waals surface area (Å²) in [5.41, 5.74) is 0. The lowest BCUT2D eigenvalue weighted by Crippen LogP contribution is -2.43. The number of phosphoric ester groups is 2. The van der Waals surface area contributed by atoms with Gasteiger partial charge in [0.2, 0.25) is 0 Å². The summed E-state index contributed by atoms with van der Waals surface area (Å²) in [4.78, 5) is 53.1. The molecule has 1 saturated heterocycles. The van der Waals surface area contributed by atoms with Crippen LogP contribution in [-0.2, 0) is 46.5 Å². The smallest absolute Gasteiger partial charge is 0.462 e. The van der Waals surface area contributed by atoms with Crippen LogP contribution in [0.1, 0.15) is 174 Å². The Morgan fingerprint density at radius 1 is 0.662 bits per heavy atom. The second kappa shape index (κ2) is 38.1. The van der Waals surface area contributed by atoms with Gasteiger partial charge >= 0.3 is 27.6 Å². The van der Waals surface area contributed by atoms with Crippen molar-refractivity contribution < 1.29 is 81.6 Å². The van der Waals surface area contributed by atoms with Crippen molar-refractivity contribution in [1.82, 2.24) is 0 Å². The Morgan fingerprint density at radius 3 is 1.85 bits per heavy atom. The van der Waals surface area contributed by atoms with Crippen LogP contribution in [0.3, 0.4) is 0 Å². The average Bonchev–Trinajstić information content (AvgIpc) is 3.25. The summed E-state index contributed by atoms with van der Waals surface area (Å²) in [5.74, 6) is -1.58. The summed E-state index contributed by atoms with van der Waals surface area (Å²) < 4.78 is 53.5. The average molecular weight is 971 g/mol. The van der Waals surface area contributed by atoms with Gasteiger partial charge in [-0.25, -0.2) is 9.13 Å². The SMILES string of the molecule is CCCCCCCC/C=C\CCCCCCCCCC(=O)O[C@H](COC(=O)CCC/C=C\C[C@H]1[C@@H](O)CC(O)O[C@@H]1/C=C/[C@@H](O)CCCCC)COP(=O)(O)OC[C@@H](O)COP(=O)(O)O. The molecular formula is C46H84O17P2. The van der Waals surface area contributed by atoms with Crippen molar-refractivity contribution >= 4 is 27.6 Å². The van der Waals surface area contributed by atoms with Crippen molar-refractivity contribution in [3.8, 4) is 0 Å². The maximum Gasteiger partial charge on any atom is 0.472 e. The molecule has 1 fully saturated rings.